The average Bonchev–Trinajstić information content (AvgIpc) is 2.87. The van der Waals surface area contributed by atoms with Crippen LogP contribution in [0, 0.1) is 0 Å². The molecular weight excluding hydrogens is 264 g/mol. The molecule has 0 aliphatic carbocycles. The summed E-state index contributed by atoms with van der Waals surface area (Å²) in [6, 6.07) is 10.5. The van der Waals surface area contributed by atoms with Gasteiger partial charge in [0.2, 0.25) is 0 Å². The van der Waals surface area contributed by atoms with Crippen molar-refractivity contribution in [3.05, 3.63) is 52.0 Å². The lowest BCUT2D eigenvalue weighted by Crippen LogP contribution is -2.22. The Hall–Kier alpha value is -0.900. The van der Waals surface area contributed by atoms with Crippen molar-refractivity contribution in [1.29, 1.82) is 0 Å². The van der Waals surface area contributed by atoms with Crippen molar-refractivity contribution in [2.24, 2.45) is 0 Å². The Bertz CT molecular complexity index is 470. The van der Waals surface area contributed by atoms with Gasteiger partial charge in [0.15, 0.2) is 0 Å². The second-order valence-corrected chi connectivity index (χ2v) is 5.37. The number of rotatable bonds is 6. The van der Waals surface area contributed by atoms with E-state index >= 15 is 0 Å². The summed E-state index contributed by atoms with van der Waals surface area (Å²) >= 11 is 7.46. The van der Waals surface area contributed by atoms with Crippen LogP contribution in [0.25, 0.3) is 0 Å². The lowest BCUT2D eigenvalue weighted by Gasteiger charge is -2.18. The van der Waals surface area contributed by atoms with Gasteiger partial charge in [-0.25, -0.2) is 4.98 Å². The third-order valence-corrected chi connectivity index (χ3v) is 3.95. The first-order valence-electron chi connectivity index (χ1n) is 6.07. The highest BCUT2D eigenvalue weighted by molar-refractivity contribution is 7.09. The number of nitrogens with zero attached hydrogens (tertiary/aromatic N) is 2. The maximum absolute atomic E-state index is 5.77. The minimum Gasteiger partial charge on any atom is -0.293 e. The van der Waals surface area contributed by atoms with E-state index in [1.54, 1.807) is 11.3 Å². The molecule has 0 spiro atoms. The molecule has 0 radical (unpaired) electrons. The molecule has 18 heavy (non-hydrogen) atoms. The average molecular weight is 281 g/mol. The molecule has 0 aliphatic rings. The summed E-state index contributed by atoms with van der Waals surface area (Å²) in [5.41, 5.74) is 2.32. The van der Waals surface area contributed by atoms with Gasteiger partial charge in [-0.2, -0.15) is 0 Å². The monoisotopic (exact) mass is 280 g/mol. The predicted molar refractivity (Wildman–Crippen MR) is 77.9 cm³/mol. The fourth-order valence-corrected chi connectivity index (χ4v) is 2.86. The molecule has 0 amide bonds. The SMILES string of the molecule is CCN(Cc1ccccc1)Cc1nc(CCl)cs1. The Morgan fingerprint density at radius 1 is 1.22 bits per heavy atom. The van der Waals surface area contributed by atoms with E-state index in [0.717, 1.165) is 30.3 Å². The van der Waals surface area contributed by atoms with Crippen LogP contribution >= 0.6 is 22.9 Å². The molecule has 0 fully saturated rings. The van der Waals surface area contributed by atoms with Crippen LogP contribution in [0.2, 0.25) is 0 Å². The van der Waals surface area contributed by atoms with Crippen molar-refractivity contribution in [3.8, 4) is 0 Å². The molecule has 1 aromatic heterocycles. The molecule has 0 atom stereocenters. The Labute approximate surface area is 117 Å². The van der Waals surface area contributed by atoms with Crippen molar-refractivity contribution < 1.29 is 0 Å². The number of halogens is 1. The number of hydrogen-bond acceptors (Lipinski definition) is 3. The van der Waals surface area contributed by atoms with Gasteiger partial charge in [-0.15, -0.1) is 22.9 Å². The summed E-state index contributed by atoms with van der Waals surface area (Å²) < 4.78 is 0. The van der Waals surface area contributed by atoms with E-state index in [2.05, 4.69) is 41.1 Å². The molecule has 96 valence electrons. The summed E-state index contributed by atoms with van der Waals surface area (Å²) in [5.74, 6) is 0.501. The van der Waals surface area contributed by atoms with E-state index in [4.69, 9.17) is 11.6 Å². The predicted octanol–water partition coefficient (Wildman–Crippen LogP) is 3.90. The van der Waals surface area contributed by atoms with Gasteiger partial charge in [-0.1, -0.05) is 37.3 Å². The zero-order chi connectivity index (χ0) is 12.8. The van der Waals surface area contributed by atoms with Crippen LogP contribution in [0.4, 0.5) is 0 Å². The summed E-state index contributed by atoms with van der Waals surface area (Å²) in [6.07, 6.45) is 0. The van der Waals surface area contributed by atoms with E-state index in [9.17, 15) is 0 Å². The number of benzene rings is 1. The van der Waals surface area contributed by atoms with Crippen LogP contribution in [-0.2, 0) is 19.0 Å². The highest BCUT2D eigenvalue weighted by Crippen LogP contribution is 2.15. The molecule has 4 heteroatoms. The molecule has 0 unspecified atom stereocenters. The molecular formula is C14H17ClN2S. The van der Waals surface area contributed by atoms with Crippen LogP contribution in [-0.4, -0.2) is 16.4 Å². The van der Waals surface area contributed by atoms with Crippen molar-refractivity contribution in [2.75, 3.05) is 6.54 Å². The quantitative estimate of drug-likeness (QED) is 0.746. The first-order valence-corrected chi connectivity index (χ1v) is 7.48. The first-order chi connectivity index (χ1) is 8.81. The number of aromatic nitrogens is 1. The fraction of sp³-hybridized carbons (Fsp3) is 0.357. The second kappa shape index (κ2) is 6.88. The summed E-state index contributed by atoms with van der Waals surface area (Å²) in [4.78, 5) is 6.88. The molecule has 0 saturated carbocycles. The zero-order valence-corrected chi connectivity index (χ0v) is 12.0. The summed E-state index contributed by atoms with van der Waals surface area (Å²) in [6.45, 7) is 5.06. The molecule has 0 saturated heterocycles. The fourth-order valence-electron chi connectivity index (χ4n) is 1.80. The Morgan fingerprint density at radius 3 is 2.61 bits per heavy atom. The van der Waals surface area contributed by atoms with E-state index < -0.39 is 0 Å². The van der Waals surface area contributed by atoms with Gasteiger partial charge in [0.25, 0.3) is 0 Å². The van der Waals surface area contributed by atoms with Gasteiger partial charge in [-0.05, 0) is 12.1 Å². The van der Waals surface area contributed by atoms with Crippen molar-refractivity contribution in [1.82, 2.24) is 9.88 Å². The lowest BCUT2D eigenvalue weighted by molar-refractivity contribution is 0.271. The maximum atomic E-state index is 5.77. The van der Waals surface area contributed by atoms with Gasteiger partial charge >= 0.3 is 0 Å². The van der Waals surface area contributed by atoms with Gasteiger partial charge in [-0.3, -0.25) is 4.90 Å². The van der Waals surface area contributed by atoms with E-state index in [-0.39, 0.29) is 0 Å². The minimum absolute atomic E-state index is 0.501. The van der Waals surface area contributed by atoms with Crippen LogP contribution in [0.5, 0.6) is 0 Å². The van der Waals surface area contributed by atoms with Crippen LogP contribution in [0.1, 0.15) is 23.2 Å². The minimum atomic E-state index is 0.501. The Morgan fingerprint density at radius 2 is 2.00 bits per heavy atom. The third kappa shape index (κ3) is 3.80. The smallest absolute Gasteiger partial charge is 0.107 e. The molecule has 0 N–H and O–H groups in total. The number of thiazole rings is 1. The lowest BCUT2D eigenvalue weighted by atomic mass is 10.2. The van der Waals surface area contributed by atoms with Crippen molar-refractivity contribution in [2.45, 2.75) is 25.9 Å². The molecule has 2 aromatic rings. The molecule has 0 bridgehead atoms. The third-order valence-electron chi connectivity index (χ3n) is 2.79. The Kier molecular flexibility index (Phi) is 5.17. The highest BCUT2D eigenvalue weighted by Gasteiger charge is 2.08. The van der Waals surface area contributed by atoms with Gasteiger partial charge in [0.1, 0.15) is 5.01 Å². The second-order valence-electron chi connectivity index (χ2n) is 4.16. The van der Waals surface area contributed by atoms with Crippen LogP contribution < -0.4 is 0 Å². The molecule has 0 aliphatic heterocycles. The molecule has 1 aromatic carbocycles. The number of alkyl halides is 1. The van der Waals surface area contributed by atoms with Crippen LogP contribution in [0.3, 0.4) is 0 Å². The van der Waals surface area contributed by atoms with Crippen molar-refractivity contribution in [3.63, 3.8) is 0 Å². The van der Waals surface area contributed by atoms with Gasteiger partial charge < -0.3 is 0 Å². The van der Waals surface area contributed by atoms with E-state index in [1.165, 1.54) is 5.56 Å². The van der Waals surface area contributed by atoms with Crippen molar-refractivity contribution >= 4 is 22.9 Å². The largest absolute Gasteiger partial charge is 0.293 e. The standard InChI is InChI=1S/C14H17ClN2S/c1-2-17(9-12-6-4-3-5-7-12)10-14-16-13(8-15)11-18-14/h3-7,11H,2,8-10H2,1H3. The van der Waals surface area contributed by atoms with E-state index in [0.29, 0.717) is 5.88 Å². The number of hydrogen-bond donors (Lipinski definition) is 0. The van der Waals surface area contributed by atoms with Gasteiger partial charge in [0.05, 0.1) is 18.1 Å². The Balaban J connectivity index is 1.97. The topological polar surface area (TPSA) is 16.1 Å². The van der Waals surface area contributed by atoms with E-state index in [1.807, 2.05) is 11.4 Å². The summed E-state index contributed by atoms with van der Waals surface area (Å²) in [5, 5.41) is 3.18. The molecule has 2 nitrogen and oxygen atoms in total. The first kappa shape index (κ1) is 13.5. The molecule has 2 rings (SSSR count). The molecule has 1 heterocycles. The maximum Gasteiger partial charge on any atom is 0.107 e. The normalized spacial score (nSPS) is 11.1. The van der Waals surface area contributed by atoms with Gasteiger partial charge in [0, 0.05) is 11.9 Å². The summed E-state index contributed by atoms with van der Waals surface area (Å²) in [7, 11) is 0. The highest BCUT2D eigenvalue weighted by atomic mass is 35.5. The zero-order valence-electron chi connectivity index (χ0n) is 10.5. The van der Waals surface area contributed by atoms with Crippen LogP contribution in [0.15, 0.2) is 35.7 Å².